The van der Waals surface area contributed by atoms with E-state index in [0.29, 0.717) is 32.1 Å². The van der Waals surface area contributed by atoms with Gasteiger partial charge in [-0.15, -0.1) is 0 Å². The molecule has 1 amide bonds. The van der Waals surface area contributed by atoms with Gasteiger partial charge in [-0.25, -0.2) is 9.78 Å². The first-order valence-electron chi connectivity index (χ1n) is 7.58. The number of amides is 1. The maximum absolute atomic E-state index is 11.1. The summed E-state index contributed by atoms with van der Waals surface area (Å²) in [6.07, 6.45) is 3.86. The lowest BCUT2D eigenvalue weighted by Crippen LogP contribution is -2.35. The summed E-state index contributed by atoms with van der Waals surface area (Å²) in [7, 11) is 4.13. The van der Waals surface area contributed by atoms with E-state index in [1.807, 2.05) is 0 Å². The summed E-state index contributed by atoms with van der Waals surface area (Å²) in [5.74, 6) is 0. The van der Waals surface area contributed by atoms with Crippen LogP contribution in [0.4, 0.5) is 4.79 Å². The highest BCUT2D eigenvalue weighted by Gasteiger charge is 2.44. The van der Waals surface area contributed by atoms with Gasteiger partial charge in [-0.1, -0.05) is 0 Å². The summed E-state index contributed by atoms with van der Waals surface area (Å²) >= 11 is 0. The van der Waals surface area contributed by atoms with Gasteiger partial charge in [-0.05, 0) is 38.9 Å². The van der Waals surface area contributed by atoms with E-state index < -0.39 is 6.09 Å². The minimum atomic E-state index is -0.908. The van der Waals surface area contributed by atoms with Crippen LogP contribution < -0.4 is 4.74 Å². The Morgan fingerprint density at radius 3 is 2.91 bits per heavy atom. The number of rotatable bonds is 5. The van der Waals surface area contributed by atoms with E-state index in [-0.39, 0.29) is 5.41 Å². The highest BCUT2D eigenvalue weighted by atomic mass is 16.5. The van der Waals surface area contributed by atoms with Crippen molar-refractivity contribution in [1.29, 1.82) is 0 Å². The van der Waals surface area contributed by atoms with Gasteiger partial charge in [0.15, 0.2) is 0 Å². The second kappa shape index (κ2) is 5.72. The maximum Gasteiger partial charge on any atom is 0.407 e. The van der Waals surface area contributed by atoms with Crippen LogP contribution in [0.2, 0.25) is 0 Å². The molecule has 1 N–H and O–H groups in total. The predicted molar refractivity (Wildman–Crippen MR) is 79.9 cm³/mol. The second-order valence-electron chi connectivity index (χ2n) is 6.61. The summed E-state index contributed by atoms with van der Waals surface area (Å²) < 4.78 is 5.78. The quantitative estimate of drug-likeness (QED) is 0.881. The molecule has 7 heteroatoms. The van der Waals surface area contributed by atoms with E-state index in [1.165, 1.54) is 17.7 Å². The zero-order chi connectivity index (χ0) is 15.7. The summed E-state index contributed by atoms with van der Waals surface area (Å²) in [5, 5.41) is 9.08. The predicted octanol–water partition coefficient (Wildman–Crippen LogP) is 1.23. The van der Waals surface area contributed by atoms with E-state index in [2.05, 4.69) is 29.0 Å². The van der Waals surface area contributed by atoms with Gasteiger partial charge >= 0.3 is 12.1 Å². The van der Waals surface area contributed by atoms with Crippen LogP contribution in [0.15, 0.2) is 6.20 Å². The molecule has 0 atom stereocenters. The Morgan fingerprint density at radius 1 is 1.50 bits per heavy atom. The number of carboxylic acid groups (broad SMARTS) is 1. The van der Waals surface area contributed by atoms with Crippen molar-refractivity contribution < 1.29 is 14.6 Å². The molecule has 2 heterocycles. The third-order valence-electron chi connectivity index (χ3n) is 4.31. The van der Waals surface area contributed by atoms with Crippen LogP contribution in [0.1, 0.15) is 24.1 Å². The molecule has 1 aromatic heterocycles. The van der Waals surface area contributed by atoms with Gasteiger partial charge in [0.25, 0.3) is 0 Å². The minimum Gasteiger partial charge on any atom is -0.465 e. The molecule has 1 fully saturated rings. The molecule has 0 saturated heterocycles. The molecule has 0 unspecified atom stereocenters. The average Bonchev–Trinajstić information content (AvgIpc) is 3.23. The molecule has 1 aromatic rings. The van der Waals surface area contributed by atoms with Crippen molar-refractivity contribution in [3.8, 4) is 6.01 Å². The smallest absolute Gasteiger partial charge is 0.407 e. The normalized spacial score (nSPS) is 19.0. The van der Waals surface area contributed by atoms with Crippen molar-refractivity contribution in [2.45, 2.75) is 25.8 Å². The van der Waals surface area contributed by atoms with E-state index in [9.17, 15) is 4.79 Å². The molecule has 3 rings (SSSR count). The summed E-state index contributed by atoms with van der Waals surface area (Å²) in [5.41, 5.74) is 2.01. The summed E-state index contributed by atoms with van der Waals surface area (Å²) in [6.45, 7) is 2.43. The van der Waals surface area contributed by atoms with Gasteiger partial charge < -0.3 is 19.6 Å². The van der Waals surface area contributed by atoms with Crippen molar-refractivity contribution >= 4 is 6.09 Å². The molecular weight excluding hydrogens is 284 g/mol. The Labute approximate surface area is 129 Å². The van der Waals surface area contributed by atoms with Crippen molar-refractivity contribution in [2.24, 2.45) is 5.41 Å². The lowest BCUT2D eigenvalue weighted by atomic mass is 10.1. The van der Waals surface area contributed by atoms with Crippen molar-refractivity contribution in [3.05, 3.63) is 17.5 Å². The first-order valence-corrected chi connectivity index (χ1v) is 7.58. The fourth-order valence-corrected chi connectivity index (χ4v) is 2.93. The van der Waals surface area contributed by atoms with Gasteiger partial charge in [0.2, 0.25) is 0 Å². The average molecular weight is 306 g/mol. The molecule has 1 saturated carbocycles. The first kappa shape index (κ1) is 15.0. The fraction of sp³-hybridized carbons (Fsp3) is 0.667. The van der Waals surface area contributed by atoms with Gasteiger partial charge in [-0.3, -0.25) is 0 Å². The number of hydrogen-bond acceptors (Lipinski definition) is 5. The van der Waals surface area contributed by atoms with Crippen molar-refractivity contribution in [3.63, 3.8) is 0 Å². The Balaban J connectivity index is 1.64. The van der Waals surface area contributed by atoms with Crippen LogP contribution in [0.3, 0.4) is 0 Å². The number of hydrogen-bond donors (Lipinski definition) is 1. The van der Waals surface area contributed by atoms with Crippen LogP contribution in [-0.4, -0.2) is 64.8 Å². The molecule has 0 aromatic carbocycles. The third-order valence-corrected chi connectivity index (χ3v) is 4.31. The largest absolute Gasteiger partial charge is 0.465 e. The summed E-state index contributed by atoms with van der Waals surface area (Å²) in [4.78, 5) is 23.3. The van der Waals surface area contributed by atoms with Gasteiger partial charge in [0, 0.05) is 24.7 Å². The third kappa shape index (κ3) is 3.30. The molecule has 22 heavy (non-hydrogen) atoms. The molecule has 2 aliphatic rings. The SMILES string of the molecule is CN(C)CC1(COc2ncc3c(n2)CN(C(=O)O)CC3)CC1. The zero-order valence-corrected chi connectivity index (χ0v) is 13.1. The van der Waals surface area contributed by atoms with Crippen LogP contribution in [0, 0.1) is 5.41 Å². The van der Waals surface area contributed by atoms with Crippen molar-refractivity contribution in [1.82, 2.24) is 19.8 Å². The highest BCUT2D eigenvalue weighted by molar-refractivity contribution is 5.65. The molecule has 0 spiro atoms. The van der Waals surface area contributed by atoms with E-state index in [1.54, 1.807) is 6.20 Å². The number of carbonyl (C=O) groups is 1. The van der Waals surface area contributed by atoms with Crippen LogP contribution in [0.25, 0.3) is 0 Å². The minimum absolute atomic E-state index is 0.232. The monoisotopic (exact) mass is 306 g/mol. The molecule has 0 bridgehead atoms. The van der Waals surface area contributed by atoms with E-state index in [0.717, 1.165) is 17.8 Å². The zero-order valence-electron chi connectivity index (χ0n) is 13.1. The number of nitrogens with zero attached hydrogens (tertiary/aromatic N) is 4. The lowest BCUT2D eigenvalue weighted by Gasteiger charge is -2.25. The fourth-order valence-electron chi connectivity index (χ4n) is 2.93. The topological polar surface area (TPSA) is 78.8 Å². The van der Waals surface area contributed by atoms with Crippen LogP contribution in [-0.2, 0) is 13.0 Å². The van der Waals surface area contributed by atoms with Gasteiger partial charge in [0.05, 0.1) is 18.8 Å². The summed E-state index contributed by atoms with van der Waals surface area (Å²) in [6, 6.07) is 0.357. The Bertz CT molecular complexity index is 572. The number of fused-ring (bicyclic) bond motifs is 1. The van der Waals surface area contributed by atoms with Crippen LogP contribution >= 0.6 is 0 Å². The lowest BCUT2D eigenvalue weighted by molar-refractivity contribution is 0.138. The van der Waals surface area contributed by atoms with Gasteiger partial charge in [-0.2, -0.15) is 4.98 Å². The van der Waals surface area contributed by atoms with E-state index >= 15 is 0 Å². The van der Waals surface area contributed by atoms with Crippen LogP contribution in [0.5, 0.6) is 6.01 Å². The molecular formula is C15H22N4O3. The highest BCUT2D eigenvalue weighted by Crippen LogP contribution is 2.46. The Morgan fingerprint density at radius 2 is 2.27 bits per heavy atom. The molecule has 7 nitrogen and oxygen atoms in total. The van der Waals surface area contributed by atoms with Gasteiger partial charge in [0.1, 0.15) is 0 Å². The molecule has 0 radical (unpaired) electrons. The number of aromatic nitrogens is 2. The van der Waals surface area contributed by atoms with E-state index in [4.69, 9.17) is 9.84 Å². The second-order valence-corrected chi connectivity index (χ2v) is 6.61. The Hall–Kier alpha value is -1.89. The standard InChI is InChI=1S/C15H22N4O3/c1-18(2)9-15(4-5-15)10-22-13-16-7-11-3-6-19(14(20)21)8-12(11)17-13/h7H,3-6,8-10H2,1-2H3,(H,20,21). The number of ether oxygens (including phenoxy) is 1. The maximum atomic E-state index is 11.1. The Kier molecular flexibility index (Phi) is 3.90. The first-order chi connectivity index (χ1) is 10.5. The molecule has 1 aliphatic carbocycles. The van der Waals surface area contributed by atoms with Crippen molar-refractivity contribution in [2.75, 3.05) is 33.8 Å². The molecule has 120 valence electrons. The molecule has 1 aliphatic heterocycles.